The maximum absolute atomic E-state index is 6.37. The summed E-state index contributed by atoms with van der Waals surface area (Å²) < 4.78 is 24.3. The largest absolute Gasteiger partial charge is 0.373 e. The molecule has 0 radical (unpaired) electrons. The molecule has 0 bridgehead atoms. The van der Waals surface area contributed by atoms with Gasteiger partial charge in [-0.25, -0.2) is 0 Å². The summed E-state index contributed by atoms with van der Waals surface area (Å²) in [6.45, 7) is 17.6. The molecule has 2 aliphatic heterocycles. The summed E-state index contributed by atoms with van der Waals surface area (Å²) in [5.74, 6) is 0. The molecule has 0 aromatic carbocycles. The van der Waals surface area contributed by atoms with Crippen LogP contribution in [0.25, 0.3) is 0 Å². The molecule has 0 spiro atoms. The molecule has 4 heteroatoms. The molecular weight excluding hydrogens is 256 g/mol. The summed E-state index contributed by atoms with van der Waals surface area (Å²) in [5.41, 5.74) is -1.13. The topological polar surface area (TPSA) is 36.9 Å². The Balaban J connectivity index is 2.17. The van der Waals surface area contributed by atoms with Gasteiger partial charge in [-0.15, -0.1) is 0 Å². The SMILES string of the molecule is CC(C)(C)OC[C@H]1OC(C)(C)C2OC[C@@]21OC(C)(C)C. The predicted molar refractivity (Wildman–Crippen MR) is 78.0 cm³/mol. The van der Waals surface area contributed by atoms with Crippen LogP contribution in [0.3, 0.4) is 0 Å². The minimum atomic E-state index is -0.382. The molecule has 0 amide bonds. The van der Waals surface area contributed by atoms with Crippen molar-refractivity contribution in [1.82, 2.24) is 0 Å². The molecule has 2 fully saturated rings. The van der Waals surface area contributed by atoms with E-state index in [9.17, 15) is 0 Å². The van der Waals surface area contributed by atoms with Gasteiger partial charge in [-0.2, -0.15) is 0 Å². The summed E-state index contributed by atoms with van der Waals surface area (Å²) in [6, 6.07) is 0. The Kier molecular flexibility index (Phi) is 3.78. The maximum Gasteiger partial charge on any atom is 0.149 e. The molecule has 0 saturated carbocycles. The van der Waals surface area contributed by atoms with Crippen molar-refractivity contribution in [2.24, 2.45) is 0 Å². The van der Waals surface area contributed by atoms with E-state index in [4.69, 9.17) is 18.9 Å². The number of fused-ring (bicyclic) bond motifs is 1. The van der Waals surface area contributed by atoms with Crippen LogP contribution in [0.1, 0.15) is 55.4 Å². The van der Waals surface area contributed by atoms with Gasteiger partial charge in [-0.05, 0) is 55.4 Å². The van der Waals surface area contributed by atoms with Gasteiger partial charge in [0.25, 0.3) is 0 Å². The van der Waals surface area contributed by atoms with E-state index in [-0.39, 0.29) is 34.6 Å². The lowest BCUT2D eigenvalue weighted by atomic mass is 9.81. The highest BCUT2D eigenvalue weighted by Gasteiger charge is 2.69. The molecule has 118 valence electrons. The summed E-state index contributed by atoms with van der Waals surface area (Å²) in [6.07, 6.45) is -0.113. The number of hydrogen-bond donors (Lipinski definition) is 0. The van der Waals surface area contributed by atoms with Crippen molar-refractivity contribution in [3.05, 3.63) is 0 Å². The Morgan fingerprint density at radius 3 is 2.05 bits per heavy atom. The van der Waals surface area contributed by atoms with Crippen molar-refractivity contribution < 1.29 is 18.9 Å². The van der Waals surface area contributed by atoms with Crippen molar-refractivity contribution >= 4 is 0 Å². The zero-order valence-electron chi connectivity index (χ0n) is 14.2. The molecular formula is C16H30O4. The molecule has 3 atom stereocenters. The van der Waals surface area contributed by atoms with Crippen LogP contribution in [0.5, 0.6) is 0 Å². The first-order chi connectivity index (χ1) is 8.86. The van der Waals surface area contributed by atoms with Crippen molar-refractivity contribution in [2.45, 2.75) is 90.0 Å². The number of ether oxygens (including phenoxy) is 4. The predicted octanol–water partition coefficient (Wildman–Crippen LogP) is 2.93. The molecule has 4 nitrogen and oxygen atoms in total. The summed E-state index contributed by atoms with van der Waals surface area (Å²) >= 11 is 0. The fourth-order valence-corrected chi connectivity index (χ4v) is 3.13. The molecule has 0 aromatic rings. The van der Waals surface area contributed by atoms with E-state index in [0.29, 0.717) is 13.2 Å². The lowest BCUT2D eigenvalue weighted by Crippen LogP contribution is -2.68. The van der Waals surface area contributed by atoms with Crippen LogP contribution in [-0.2, 0) is 18.9 Å². The van der Waals surface area contributed by atoms with Crippen molar-refractivity contribution in [3.8, 4) is 0 Å². The number of rotatable bonds is 3. The average molecular weight is 286 g/mol. The van der Waals surface area contributed by atoms with E-state index in [1.807, 2.05) is 0 Å². The Labute approximate surface area is 123 Å². The van der Waals surface area contributed by atoms with Crippen LogP contribution >= 0.6 is 0 Å². The summed E-state index contributed by atoms with van der Waals surface area (Å²) in [4.78, 5) is 0. The standard InChI is InChI=1S/C16H30O4/c1-13(2,3)18-9-11-16(20-14(4,5)6)10-17-12(16)15(7,8)19-11/h11-12H,9-10H2,1-8H3/t11-,12?,16+/m1/s1. The van der Waals surface area contributed by atoms with Crippen molar-refractivity contribution in [3.63, 3.8) is 0 Å². The molecule has 0 aliphatic carbocycles. The quantitative estimate of drug-likeness (QED) is 0.799. The van der Waals surface area contributed by atoms with Gasteiger partial charge in [0.15, 0.2) is 0 Å². The third-order valence-electron chi connectivity index (χ3n) is 3.71. The first kappa shape index (κ1) is 16.2. The molecule has 2 aliphatic rings. The summed E-state index contributed by atoms with van der Waals surface area (Å²) in [5, 5.41) is 0. The van der Waals surface area contributed by atoms with E-state index in [1.54, 1.807) is 0 Å². The third kappa shape index (κ3) is 3.03. The second-order valence-electron chi connectivity index (χ2n) is 8.49. The van der Waals surface area contributed by atoms with Gasteiger partial charge in [0.2, 0.25) is 0 Å². The van der Waals surface area contributed by atoms with E-state index >= 15 is 0 Å². The fourth-order valence-electron chi connectivity index (χ4n) is 3.13. The normalized spacial score (nSPS) is 36.6. The lowest BCUT2D eigenvalue weighted by molar-refractivity contribution is -0.296. The van der Waals surface area contributed by atoms with Gasteiger partial charge in [0.05, 0.1) is 30.0 Å². The first-order valence-corrected chi connectivity index (χ1v) is 7.49. The van der Waals surface area contributed by atoms with Crippen LogP contribution in [0, 0.1) is 0 Å². The molecule has 2 saturated heterocycles. The average Bonchev–Trinajstić information content (AvgIpc) is 2.28. The monoisotopic (exact) mass is 286 g/mol. The highest BCUT2D eigenvalue weighted by molar-refractivity contribution is 5.16. The zero-order chi connectivity index (χ0) is 15.4. The van der Waals surface area contributed by atoms with Gasteiger partial charge < -0.3 is 18.9 Å². The van der Waals surface area contributed by atoms with Crippen LogP contribution in [0.15, 0.2) is 0 Å². The minimum Gasteiger partial charge on any atom is -0.373 e. The Morgan fingerprint density at radius 2 is 1.65 bits per heavy atom. The van der Waals surface area contributed by atoms with Gasteiger partial charge in [0, 0.05) is 0 Å². The molecule has 0 aromatic heterocycles. The second-order valence-corrected chi connectivity index (χ2v) is 8.49. The molecule has 2 rings (SSSR count). The molecule has 20 heavy (non-hydrogen) atoms. The van der Waals surface area contributed by atoms with Crippen LogP contribution < -0.4 is 0 Å². The molecule has 2 heterocycles. The van der Waals surface area contributed by atoms with E-state index in [1.165, 1.54) is 0 Å². The Hall–Kier alpha value is -0.160. The van der Waals surface area contributed by atoms with Gasteiger partial charge >= 0.3 is 0 Å². The van der Waals surface area contributed by atoms with Gasteiger partial charge in [0.1, 0.15) is 17.8 Å². The van der Waals surface area contributed by atoms with E-state index < -0.39 is 0 Å². The minimum absolute atomic E-state index is 0.0252. The third-order valence-corrected chi connectivity index (χ3v) is 3.71. The highest BCUT2D eigenvalue weighted by atomic mass is 16.7. The van der Waals surface area contributed by atoms with Crippen LogP contribution in [0.4, 0.5) is 0 Å². The van der Waals surface area contributed by atoms with Gasteiger partial charge in [-0.1, -0.05) is 0 Å². The summed E-state index contributed by atoms with van der Waals surface area (Å²) in [7, 11) is 0. The maximum atomic E-state index is 6.37. The van der Waals surface area contributed by atoms with E-state index in [0.717, 1.165) is 0 Å². The number of hydrogen-bond acceptors (Lipinski definition) is 4. The smallest absolute Gasteiger partial charge is 0.149 e. The van der Waals surface area contributed by atoms with Crippen LogP contribution in [-0.4, -0.2) is 47.8 Å². The van der Waals surface area contributed by atoms with Crippen molar-refractivity contribution in [2.75, 3.05) is 13.2 Å². The Bertz CT molecular complexity index is 364. The molecule has 0 N–H and O–H groups in total. The van der Waals surface area contributed by atoms with E-state index in [2.05, 4.69) is 55.4 Å². The fraction of sp³-hybridized carbons (Fsp3) is 1.00. The van der Waals surface area contributed by atoms with Crippen LogP contribution in [0.2, 0.25) is 0 Å². The van der Waals surface area contributed by atoms with Crippen molar-refractivity contribution in [1.29, 1.82) is 0 Å². The second kappa shape index (κ2) is 4.67. The van der Waals surface area contributed by atoms with Gasteiger partial charge in [-0.3, -0.25) is 0 Å². The molecule has 1 unspecified atom stereocenters. The highest BCUT2D eigenvalue weighted by Crippen LogP contribution is 2.50. The Morgan fingerprint density at radius 1 is 1.05 bits per heavy atom. The zero-order valence-corrected chi connectivity index (χ0v) is 14.2. The first-order valence-electron chi connectivity index (χ1n) is 7.49. The lowest BCUT2D eigenvalue weighted by Gasteiger charge is -2.51.